The Kier molecular flexibility index (Phi) is 8.88. The van der Waals surface area contributed by atoms with Crippen LogP contribution >= 0.6 is 0 Å². The second kappa shape index (κ2) is 13.1. The number of benzene rings is 5. The monoisotopic (exact) mass is 556 g/mol. The van der Waals surface area contributed by atoms with Crippen molar-refractivity contribution in [3.8, 4) is 17.2 Å². The number of nitrogens with one attached hydrogen (secondary N) is 1. The average Bonchev–Trinajstić information content (AvgIpc) is 3.03. The first-order valence-corrected chi connectivity index (χ1v) is 14.0. The van der Waals surface area contributed by atoms with Gasteiger partial charge in [0.25, 0.3) is 0 Å². The Morgan fingerprint density at radius 3 is 1.40 bits per heavy atom. The van der Waals surface area contributed by atoms with Crippen molar-refractivity contribution in [2.75, 3.05) is 0 Å². The number of amidine groups is 1. The van der Waals surface area contributed by atoms with Crippen LogP contribution in [0.3, 0.4) is 0 Å². The molecule has 3 N–H and O–H groups in total. The predicted octanol–water partition coefficient (Wildman–Crippen LogP) is 8.03. The van der Waals surface area contributed by atoms with Gasteiger partial charge in [-0.1, -0.05) is 86.6 Å². The largest absolute Gasteiger partial charge is 0.489 e. The highest BCUT2D eigenvalue weighted by molar-refractivity contribution is 5.94. The molecule has 0 heterocycles. The van der Waals surface area contributed by atoms with Gasteiger partial charge in [-0.05, 0) is 82.4 Å². The summed E-state index contributed by atoms with van der Waals surface area (Å²) < 4.78 is 18.0. The molecule has 0 saturated carbocycles. The van der Waals surface area contributed by atoms with Crippen LogP contribution in [0.1, 0.15) is 47.2 Å². The summed E-state index contributed by atoms with van der Waals surface area (Å²) in [6.07, 6.45) is 0. The van der Waals surface area contributed by atoms with Gasteiger partial charge in [0.15, 0.2) is 0 Å². The maximum absolute atomic E-state index is 7.50. The quantitative estimate of drug-likeness (QED) is 0.120. The molecule has 0 atom stereocenters. The average molecular weight is 557 g/mol. The van der Waals surface area contributed by atoms with E-state index in [-0.39, 0.29) is 11.3 Å². The van der Waals surface area contributed by atoms with Crippen LogP contribution in [0.25, 0.3) is 0 Å². The molecule has 0 aliphatic carbocycles. The molecule has 0 bridgehead atoms. The Morgan fingerprint density at radius 1 is 0.548 bits per heavy atom. The lowest BCUT2D eigenvalue weighted by Crippen LogP contribution is -2.18. The van der Waals surface area contributed by atoms with Crippen molar-refractivity contribution in [1.29, 1.82) is 5.41 Å². The minimum absolute atomic E-state index is 0.0446. The summed E-state index contributed by atoms with van der Waals surface area (Å²) in [7, 11) is 0. The van der Waals surface area contributed by atoms with Crippen LogP contribution in [0.15, 0.2) is 127 Å². The number of hydrogen-bond donors (Lipinski definition) is 2. The molecular formula is C37H36N2O3. The lowest BCUT2D eigenvalue weighted by Gasteiger charge is -2.26. The van der Waals surface area contributed by atoms with Crippen LogP contribution in [0, 0.1) is 5.41 Å². The lowest BCUT2D eigenvalue weighted by atomic mass is 9.78. The van der Waals surface area contributed by atoms with Gasteiger partial charge in [-0.3, -0.25) is 5.41 Å². The van der Waals surface area contributed by atoms with Gasteiger partial charge in [0.2, 0.25) is 0 Å². The fourth-order valence-corrected chi connectivity index (χ4v) is 4.72. The summed E-state index contributed by atoms with van der Waals surface area (Å²) >= 11 is 0. The number of nitrogens with two attached hydrogens (primary N) is 1. The van der Waals surface area contributed by atoms with E-state index in [4.69, 9.17) is 25.4 Å². The molecule has 5 rings (SSSR count). The lowest BCUT2D eigenvalue weighted by molar-refractivity contribution is 0.300. The van der Waals surface area contributed by atoms with E-state index < -0.39 is 0 Å². The zero-order valence-corrected chi connectivity index (χ0v) is 24.0. The highest BCUT2D eigenvalue weighted by Gasteiger charge is 2.23. The molecule has 0 aliphatic rings. The summed E-state index contributed by atoms with van der Waals surface area (Å²) in [5.74, 6) is 2.47. The molecule has 0 unspecified atom stereocenters. The fourth-order valence-electron chi connectivity index (χ4n) is 4.72. The Hall–Kier alpha value is -5.03. The van der Waals surface area contributed by atoms with E-state index in [1.165, 1.54) is 11.1 Å². The van der Waals surface area contributed by atoms with Crippen LogP contribution in [0.5, 0.6) is 17.2 Å². The molecule has 5 nitrogen and oxygen atoms in total. The topological polar surface area (TPSA) is 77.6 Å². The second-order valence-corrected chi connectivity index (χ2v) is 10.8. The molecule has 0 fully saturated rings. The van der Waals surface area contributed by atoms with Crippen LogP contribution in [-0.4, -0.2) is 5.84 Å². The molecule has 0 aliphatic heterocycles. The van der Waals surface area contributed by atoms with E-state index in [1.54, 1.807) is 12.1 Å². The van der Waals surface area contributed by atoms with Gasteiger partial charge in [-0.25, -0.2) is 0 Å². The second-order valence-electron chi connectivity index (χ2n) is 10.8. The Labute approximate surface area is 248 Å². The first-order valence-electron chi connectivity index (χ1n) is 14.0. The number of rotatable bonds is 12. The molecule has 5 aromatic rings. The summed E-state index contributed by atoms with van der Waals surface area (Å²) in [6, 6.07) is 42.3. The van der Waals surface area contributed by atoms with Crippen molar-refractivity contribution in [3.05, 3.63) is 161 Å². The summed E-state index contributed by atoms with van der Waals surface area (Å²) in [5.41, 5.74) is 11.7. The van der Waals surface area contributed by atoms with E-state index >= 15 is 0 Å². The smallest absolute Gasteiger partial charge is 0.122 e. The van der Waals surface area contributed by atoms with Gasteiger partial charge in [0.05, 0.1) is 0 Å². The van der Waals surface area contributed by atoms with Crippen LogP contribution in [0.2, 0.25) is 0 Å². The molecule has 0 saturated heterocycles. The standard InChI is InChI=1S/C37H36N2O3/c1-37(2,31-13-19-34(20-14-31)40-24-27-7-4-3-5-8-27)32-15-21-35(22-16-32)42-26-29-10-6-9-28(23-29)25-41-33-17-11-30(12-18-33)36(38)39/h3-23H,24-26H2,1-2H3,(H3,38,39). The zero-order chi connectivity index (χ0) is 29.4. The van der Waals surface area contributed by atoms with E-state index in [1.807, 2.05) is 66.7 Å². The van der Waals surface area contributed by atoms with Crippen LogP contribution < -0.4 is 19.9 Å². The molecule has 0 radical (unpaired) electrons. The Bertz CT molecular complexity index is 1590. The number of ether oxygens (including phenoxy) is 3. The number of nitrogen functional groups attached to an aromatic ring is 1. The first kappa shape index (κ1) is 28.5. The van der Waals surface area contributed by atoms with Crippen molar-refractivity contribution in [2.24, 2.45) is 5.73 Å². The van der Waals surface area contributed by atoms with Crippen LogP contribution in [0.4, 0.5) is 0 Å². The van der Waals surface area contributed by atoms with Crippen molar-refractivity contribution >= 4 is 5.84 Å². The predicted molar refractivity (Wildman–Crippen MR) is 168 cm³/mol. The Balaban J connectivity index is 1.14. The first-order chi connectivity index (χ1) is 20.4. The maximum Gasteiger partial charge on any atom is 0.122 e. The molecule has 0 aromatic heterocycles. The van der Waals surface area contributed by atoms with Crippen molar-refractivity contribution in [3.63, 3.8) is 0 Å². The van der Waals surface area contributed by atoms with E-state index in [0.717, 1.165) is 33.9 Å². The van der Waals surface area contributed by atoms with Crippen molar-refractivity contribution in [1.82, 2.24) is 0 Å². The van der Waals surface area contributed by atoms with Crippen LogP contribution in [-0.2, 0) is 25.2 Å². The third kappa shape index (κ3) is 7.38. The fraction of sp³-hybridized carbons (Fsp3) is 0.162. The molecule has 5 aromatic carbocycles. The van der Waals surface area contributed by atoms with Gasteiger partial charge in [-0.15, -0.1) is 0 Å². The summed E-state index contributed by atoms with van der Waals surface area (Å²) in [6.45, 7) is 5.92. The van der Waals surface area contributed by atoms with E-state index in [2.05, 4.69) is 62.4 Å². The summed E-state index contributed by atoms with van der Waals surface area (Å²) in [4.78, 5) is 0. The normalized spacial score (nSPS) is 11.1. The molecule has 212 valence electrons. The van der Waals surface area contributed by atoms with Gasteiger partial charge >= 0.3 is 0 Å². The van der Waals surface area contributed by atoms with Crippen molar-refractivity contribution in [2.45, 2.75) is 39.1 Å². The molecule has 42 heavy (non-hydrogen) atoms. The summed E-state index contributed by atoms with van der Waals surface area (Å²) in [5, 5.41) is 7.50. The van der Waals surface area contributed by atoms with Gasteiger partial charge in [0.1, 0.15) is 42.9 Å². The van der Waals surface area contributed by atoms with E-state index in [0.29, 0.717) is 25.4 Å². The number of hydrogen-bond acceptors (Lipinski definition) is 4. The molecule has 5 heteroatoms. The van der Waals surface area contributed by atoms with Gasteiger partial charge in [-0.2, -0.15) is 0 Å². The van der Waals surface area contributed by atoms with Gasteiger partial charge < -0.3 is 19.9 Å². The zero-order valence-electron chi connectivity index (χ0n) is 24.0. The molecular weight excluding hydrogens is 520 g/mol. The third-order valence-corrected chi connectivity index (χ3v) is 7.37. The highest BCUT2D eigenvalue weighted by Crippen LogP contribution is 2.33. The Morgan fingerprint density at radius 2 is 0.952 bits per heavy atom. The minimum atomic E-state index is -0.169. The molecule has 0 amide bonds. The molecule has 0 spiro atoms. The van der Waals surface area contributed by atoms with Gasteiger partial charge in [0, 0.05) is 11.0 Å². The third-order valence-electron chi connectivity index (χ3n) is 7.37. The van der Waals surface area contributed by atoms with Crippen molar-refractivity contribution < 1.29 is 14.2 Å². The maximum atomic E-state index is 7.50. The van der Waals surface area contributed by atoms with E-state index in [9.17, 15) is 0 Å². The SMILES string of the molecule is CC(C)(c1ccc(OCc2ccccc2)cc1)c1ccc(OCc2cccc(COc3ccc(C(=N)N)cc3)c2)cc1. The minimum Gasteiger partial charge on any atom is -0.489 e. The highest BCUT2D eigenvalue weighted by atomic mass is 16.5.